The molecule has 4 nitrogen and oxygen atoms in total. The van der Waals surface area contributed by atoms with Crippen molar-refractivity contribution in [2.24, 2.45) is 4.40 Å². The number of rotatable bonds is 2. The highest BCUT2D eigenvalue weighted by atomic mass is 32.2. The van der Waals surface area contributed by atoms with Crippen molar-refractivity contribution in [1.29, 1.82) is 0 Å². The van der Waals surface area contributed by atoms with Crippen LogP contribution >= 0.6 is 0 Å². The van der Waals surface area contributed by atoms with Crippen molar-refractivity contribution in [2.75, 3.05) is 4.90 Å². The zero-order chi connectivity index (χ0) is 15.0. The van der Waals surface area contributed by atoms with Crippen molar-refractivity contribution >= 4 is 22.0 Å². The lowest BCUT2D eigenvalue weighted by Gasteiger charge is -2.25. The fourth-order valence-electron chi connectivity index (χ4n) is 2.22. The van der Waals surface area contributed by atoms with Gasteiger partial charge in [-0.05, 0) is 42.3 Å². The van der Waals surface area contributed by atoms with E-state index >= 15 is 0 Å². The van der Waals surface area contributed by atoms with Crippen molar-refractivity contribution in [3.05, 3.63) is 59.4 Å². The summed E-state index contributed by atoms with van der Waals surface area (Å²) in [5.74, 6) is -0.301. The van der Waals surface area contributed by atoms with Gasteiger partial charge in [0, 0.05) is 6.54 Å². The molecule has 0 unspecified atom stereocenters. The van der Waals surface area contributed by atoms with Gasteiger partial charge in [0.05, 0.1) is 5.69 Å². The Labute approximate surface area is 122 Å². The summed E-state index contributed by atoms with van der Waals surface area (Å²) in [6, 6.07) is 11.2. The lowest BCUT2D eigenvalue weighted by atomic mass is 10.1. The molecule has 2 aromatic carbocycles. The molecule has 0 atom stereocenters. The zero-order valence-corrected chi connectivity index (χ0v) is 12.1. The quantitative estimate of drug-likeness (QED) is 0.857. The summed E-state index contributed by atoms with van der Waals surface area (Å²) >= 11 is 0. The summed E-state index contributed by atoms with van der Waals surface area (Å²) < 4.78 is 40.5. The van der Waals surface area contributed by atoms with Gasteiger partial charge < -0.3 is 4.90 Å². The molecule has 1 heterocycles. The van der Waals surface area contributed by atoms with Crippen LogP contribution in [0.2, 0.25) is 0 Å². The summed E-state index contributed by atoms with van der Waals surface area (Å²) in [6.45, 7) is 2.32. The van der Waals surface area contributed by atoms with Crippen LogP contribution < -0.4 is 4.90 Å². The molecule has 21 heavy (non-hydrogen) atoms. The highest BCUT2D eigenvalue weighted by Crippen LogP contribution is 2.31. The molecule has 0 fully saturated rings. The third-order valence-electron chi connectivity index (χ3n) is 3.29. The standard InChI is InChI=1S/C15H13FN2O2S/c1-11-2-7-15-14(8-11)18(10-17-21(15,19)20)9-12-3-5-13(16)6-4-12/h2-8,10H,9H2,1H3. The molecule has 1 aliphatic heterocycles. The highest BCUT2D eigenvalue weighted by molar-refractivity contribution is 7.90. The van der Waals surface area contributed by atoms with Crippen molar-refractivity contribution < 1.29 is 12.8 Å². The predicted octanol–water partition coefficient (Wildman–Crippen LogP) is 2.87. The molecule has 0 bridgehead atoms. The van der Waals surface area contributed by atoms with Crippen molar-refractivity contribution in [3.63, 3.8) is 0 Å². The summed E-state index contributed by atoms with van der Waals surface area (Å²) in [5.41, 5.74) is 2.42. The molecule has 0 N–H and O–H groups in total. The fraction of sp³-hybridized carbons (Fsp3) is 0.133. The minimum atomic E-state index is -3.62. The van der Waals surface area contributed by atoms with Gasteiger partial charge >= 0.3 is 0 Å². The van der Waals surface area contributed by atoms with Gasteiger partial charge in [-0.3, -0.25) is 0 Å². The Kier molecular flexibility index (Phi) is 3.25. The van der Waals surface area contributed by atoms with E-state index in [0.29, 0.717) is 12.2 Å². The molecule has 0 amide bonds. The number of benzene rings is 2. The molecule has 0 radical (unpaired) electrons. The molecule has 0 saturated carbocycles. The van der Waals surface area contributed by atoms with Gasteiger partial charge in [0.15, 0.2) is 0 Å². The monoisotopic (exact) mass is 304 g/mol. The van der Waals surface area contributed by atoms with Gasteiger partial charge in [0.2, 0.25) is 0 Å². The predicted molar refractivity (Wildman–Crippen MR) is 79.4 cm³/mol. The first-order valence-corrected chi connectivity index (χ1v) is 7.82. The van der Waals surface area contributed by atoms with E-state index in [1.165, 1.54) is 18.5 Å². The minimum Gasteiger partial charge on any atom is -0.326 e. The second-order valence-corrected chi connectivity index (χ2v) is 6.52. The molecule has 3 rings (SSSR count). The second-order valence-electron chi connectivity index (χ2n) is 4.92. The Morgan fingerprint density at radius 2 is 1.86 bits per heavy atom. The molecule has 108 valence electrons. The first kappa shape index (κ1) is 13.8. The van der Waals surface area contributed by atoms with Crippen molar-refractivity contribution in [2.45, 2.75) is 18.4 Å². The fourth-order valence-corrected chi connectivity index (χ4v) is 3.25. The van der Waals surface area contributed by atoms with Crippen LogP contribution in [0.25, 0.3) is 0 Å². The number of sulfonamides is 1. The van der Waals surface area contributed by atoms with Gasteiger partial charge in [-0.15, -0.1) is 4.40 Å². The summed E-state index contributed by atoms with van der Waals surface area (Å²) in [7, 11) is -3.62. The average molecular weight is 304 g/mol. The summed E-state index contributed by atoms with van der Waals surface area (Å²) in [4.78, 5) is 1.94. The van der Waals surface area contributed by atoms with Crippen LogP contribution in [0, 0.1) is 12.7 Å². The van der Waals surface area contributed by atoms with E-state index in [1.54, 1.807) is 29.2 Å². The number of fused-ring (bicyclic) bond motifs is 1. The lowest BCUT2D eigenvalue weighted by Crippen LogP contribution is -2.26. The average Bonchev–Trinajstić information content (AvgIpc) is 2.44. The molecule has 0 spiro atoms. The van der Waals surface area contributed by atoms with E-state index in [1.807, 2.05) is 13.0 Å². The van der Waals surface area contributed by atoms with Crippen LogP contribution in [0.3, 0.4) is 0 Å². The Hall–Kier alpha value is -2.21. The normalized spacial score (nSPS) is 15.8. The maximum atomic E-state index is 12.9. The lowest BCUT2D eigenvalue weighted by molar-refractivity contribution is 0.597. The summed E-state index contributed by atoms with van der Waals surface area (Å²) in [6.07, 6.45) is 1.31. The number of nitrogens with zero attached hydrogens (tertiary/aromatic N) is 2. The van der Waals surface area contributed by atoms with Gasteiger partial charge in [0.25, 0.3) is 10.0 Å². The molecule has 2 aromatic rings. The van der Waals surface area contributed by atoms with E-state index in [-0.39, 0.29) is 10.7 Å². The first-order chi connectivity index (χ1) is 9.95. The van der Waals surface area contributed by atoms with Crippen LogP contribution in [0.1, 0.15) is 11.1 Å². The maximum absolute atomic E-state index is 12.9. The minimum absolute atomic E-state index is 0.192. The number of hydrogen-bond acceptors (Lipinski definition) is 3. The highest BCUT2D eigenvalue weighted by Gasteiger charge is 2.25. The van der Waals surface area contributed by atoms with Crippen molar-refractivity contribution in [3.8, 4) is 0 Å². The third kappa shape index (κ3) is 2.67. The zero-order valence-electron chi connectivity index (χ0n) is 11.3. The molecule has 6 heteroatoms. The number of anilines is 1. The van der Waals surface area contributed by atoms with Gasteiger partial charge in [-0.2, -0.15) is 8.42 Å². The summed E-state index contributed by atoms with van der Waals surface area (Å²) in [5, 5.41) is 0. The van der Waals surface area contributed by atoms with Crippen LogP contribution in [-0.2, 0) is 16.6 Å². The van der Waals surface area contributed by atoms with Crippen LogP contribution in [0.15, 0.2) is 51.8 Å². The molecular formula is C15H13FN2O2S. The molecule has 0 saturated heterocycles. The largest absolute Gasteiger partial charge is 0.326 e. The Morgan fingerprint density at radius 1 is 1.14 bits per heavy atom. The second kappa shape index (κ2) is 4.96. The van der Waals surface area contributed by atoms with E-state index in [2.05, 4.69) is 4.40 Å². The van der Waals surface area contributed by atoms with Crippen molar-refractivity contribution in [1.82, 2.24) is 0 Å². The number of halogens is 1. The Morgan fingerprint density at radius 3 is 2.57 bits per heavy atom. The van der Waals surface area contributed by atoms with Crippen LogP contribution in [-0.4, -0.2) is 14.8 Å². The topological polar surface area (TPSA) is 49.7 Å². The van der Waals surface area contributed by atoms with Gasteiger partial charge in [0.1, 0.15) is 17.1 Å². The third-order valence-corrected chi connectivity index (χ3v) is 4.57. The first-order valence-electron chi connectivity index (χ1n) is 6.38. The van der Waals surface area contributed by atoms with Crippen LogP contribution in [0.5, 0.6) is 0 Å². The molecular weight excluding hydrogens is 291 g/mol. The smallest absolute Gasteiger partial charge is 0.285 e. The Bertz CT molecular complexity index is 814. The SMILES string of the molecule is Cc1ccc2c(c1)N(Cc1ccc(F)cc1)C=NS2(=O)=O. The van der Waals surface area contributed by atoms with Crippen LogP contribution in [0.4, 0.5) is 10.1 Å². The Balaban J connectivity index is 2.01. The van der Waals surface area contributed by atoms with Gasteiger partial charge in [-0.1, -0.05) is 18.2 Å². The molecule has 1 aliphatic rings. The van der Waals surface area contributed by atoms with E-state index < -0.39 is 10.0 Å². The number of hydrogen-bond donors (Lipinski definition) is 0. The van der Waals surface area contributed by atoms with E-state index in [4.69, 9.17) is 0 Å². The maximum Gasteiger partial charge on any atom is 0.285 e. The molecule has 0 aliphatic carbocycles. The molecule has 0 aromatic heterocycles. The number of aryl methyl sites for hydroxylation is 1. The van der Waals surface area contributed by atoms with E-state index in [9.17, 15) is 12.8 Å². The van der Waals surface area contributed by atoms with Gasteiger partial charge in [-0.25, -0.2) is 4.39 Å². The van der Waals surface area contributed by atoms with E-state index in [0.717, 1.165) is 11.1 Å².